The number of carbonyl (C=O) groups is 1. The van der Waals surface area contributed by atoms with Gasteiger partial charge in [-0.3, -0.25) is 4.79 Å². The van der Waals surface area contributed by atoms with Crippen LogP contribution in [0.1, 0.15) is 82.8 Å². The van der Waals surface area contributed by atoms with Crippen LogP contribution in [0.4, 0.5) is 0 Å². The third-order valence-electron chi connectivity index (χ3n) is 9.64. The first kappa shape index (κ1) is 18.6. The second kappa shape index (κ2) is 6.57. The van der Waals surface area contributed by atoms with Gasteiger partial charge in [-0.05, 0) is 98.2 Å². The van der Waals surface area contributed by atoms with Crippen molar-refractivity contribution in [3.63, 3.8) is 0 Å². The summed E-state index contributed by atoms with van der Waals surface area (Å²) < 4.78 is 0. The van der Waals surface area contributed by atoms with E-state index in [-0.39, 0.29) is 5.41 Å². The van der Waals surface area contributed by atoms with Crippen molar-refractivity contribution in [1.82, 2.24) is 0 Å². The molecule has 0 radical (unpaired) electrons. The SMILES string of the molecule is Cc1ccc(/C=C2\C[C@H]3[C@H]4CC[C@H]5CCCC[C@]5(C)[C@@H]4CC[C@]3(C)C2=O)cc1. The Bertz CT molecular complexity index is 802. The lowest BCUT2D eigenvalue weighted by molar-refractivity contribution is -0.137. The molecule has 4 saturated carbocycles. The molecule has 150 valence electrons. The monoisotopic (exact) mass is 376 g/mol. The minimum absolute atomic E-state index is 0.102. The Labute approximate surface area is 171 Å². The Kier molecular flexibility index (Phi) is 4.38. The smallest absolute Gasteiger partial charge is 0.165 e. The molecule has 0 aliphatic heterocycles. The second-order valence-corrected chi connectivity index (χ2v) is 11.0. The number of hydrogen-bond donors (Lipinski definition) is 0. The van der Waals surface area contributed by atoms with Gasteiger partial charge in [-0.1, -0.05) is 56.5 Å². The van der Waals surface area contributed by atoms with E-state index in [1.165, 1.54) is 56.1 Å². The zero-order valence-corrected chi connectivity index (χ0v) is 18.0. The first-order chi connectivity index (χ1) is 13.4. The standard InChI is InChI=1S/C27H36O/c1-18-7-9-19(10-8-18)16-20-17-24-22-12-11-21-6-4-5-14-26(21,2)23(22)13-15-27(24,3)25(20)28/h7-10,16,21-24H,4-6,11-15,17H2,1-3H3/b20-16+/t21-,22+,23-,24+,26+,27+/m1/s1. The van der Waals surface area contributed by atoms with E-state index in [0.29, 0.717) is 17.1 Å². The highest BCUT2D eigenvalue weighted by Gasteiger charge is 2.60. The number of Topliss-reactive ketones (excluding diaryl/α,β-unsaturated/α-hetero) is 1. The molecular weight excluding hydrogens is 340 g/mol. The molecule has 1 heteroatoms. The fourth-order valence-electron chi connectivity index (χ4n) is 7.96. The highest BCUT2D eigenvalue weighted by Crippen LogP contribution is 2.66. The molecule has 4 aliphatic rings. The molecule has 0 spiro atoms. The molecule has 0 aromatic heterocycles. The Morgan fingerprint density at radius 2 is 1.71 bits per heavy atom. The van der Waals surface area contributed by atoms with E-state index in [4.69, 9.17) is 0 Å². The Morgan fingerprint density at radius 1 is 0.929 bits per heavy atom. The van der Waals surface area contributed by atoms with E-state index >= 15 is 0 Å². The van der Waals surface area contributed by atoms with E-state index in [1.807, 2.05) is 0 Å². The summed E-state index contributed by atoms with van der Waals surface area (Å²) in [6, 6.07) is 8.64. The average molecular weight is 377 g/mol. The molecule has 0 saturated heterocycles. The van der Waals surface area contributed by atoms with Crippen molar-refractivity contribution in [2.24, 2.45) is 34.5 Å². The molecule has 0 amide bonds. The van der Waals surface area contributed by atoms with Gasteiger partial charge in [-0.15, -0.1) is 0 Å². The van der Waals surface area contributed by atoms with E-state index in [0.717, 1.165) is 36.2 Å². The second-order valence-electron chi connectivity index (χ2n) is 11.0. The van der Waals surface area contributed by atoms with E-state index < -0.39 is 0 Å². The molecule has 5 rings (SSSR count). The van der Waals surface area contributed by atoms with Gasteiger partial charge >= 0.3 is 0 Å². The summed E-state index contributed by atoms with van der Waals surface area (Å²) in [4.78, 5) is 13.5. The van der Waals surface area contributed by atoms with Crippen molar-refractivity contribution in [3.8, 4) is 0 Å². The molecule has 1 nitrogen and oxygen atoms in total. The number of ketones is 1. The van der Waals surface area contributed by atoms with E-state index in [1.54, 1.807) is 0 Å². The predicted molar refractivity (Wildman–Crippen MR) is 116 cm³/mol. The molecule has 1 aromatic carbocycles. The fraction of sp³-hybridized carbons (Fsp3) is 0.667. The van der Waals surface area contributed by atoms with Gasteiger partial charge < -0.3 is 0 Å². The summed E-state index contributed by atoms with van der Waals surface area (Å²) in [6.45, 7) is 7.05. The Morgan fingerprint density at radius 3 is 2.50 bits per heavy atom. The number of carbonyl (C=O) groups excluding carboxylic acids is 1. The third-order valence-corrected chi connectivity index (χ3v) is 9.64. The summed E-state index contributed by atoms with van der Waals surface area (Å²) >= 11 is 0. The Hall–Kier alpha value is -1.37. The molecule has 0 heterocycles. The predicted octanol–water partition coefficient (Wildman–Crippen LogP) is 6.99. The van der Waals surface area contributed by atoms with Crippen molar-refractivity contribution in [2.75, 3.05) is 0 Å². The maximum atomic E-state index is 13.5. The Balaban J connectivity index is 1.45. The van der Waals surface area contributed by atoms with Crippen molar-refractivity contribution in [2.45, 2.75) is 78.6 Å². The van der Waals surface area contributed by atoms with Crippen LogP contribution in [-0.4, -0.2) is 5.78 Å². The highest BCUT2D eigenvalue weighted by molar-refractivity contribution is 6.05. The highest BCUT2D eigenvalue weighted by atomic mass is 16.1. The lowest BCUT2D eigenvalue weighted by atomic mass is 9.45. The fourth-order valence-corrected chi connectivity index (χ4v) is 7.96. The maximum Gasteiger partial charge on any atom is 0.165 e. The maximum absolute atomic E-state index is 13.5. The molecule has 28 heavy (non-hydrogen) atoms. The number of hydrogen-bond acceptors (Lipinski definition) is 1. The molecule has 0 bridgehead atoms. The quantitative estimate of drug-likeness (QED) is 0.483. The normalized spacial score (nSPS) is 44.1. The minimum atomic E-state index is -0.102. The van der Waals surface area contributed by atoms with Gasteiger partial charge in [-0.2, -0.15) is 0 Å². The van der Waals surface area contributed by atoms with Gasteiger partial charge in [0.05, 0.1) is 0 Å². The van der Waals surface area contributed by atoms with Crippen LogP contribution in [0, 0.1) is 41.4 Å². The lowest BCUT2D eigenvalue weighted by Gasteiger charge is -2.59. The van der Waals surface area contributed by atoms with Crippen LogP contribution in [0.25, 0.3) is 6.08 Å². The van der Waals surface area contributed by atoms with Crippen LogP contribution in [0.2, 0.25) is 0 Å². The zero-order valence-electron chi connectivity index (χ0n) is 18.0. The van der Waals surface area contributed by atoms with Crippen LogP contribution in [-0.2, 0) is 4.79 Å². The minimum Gasteiger partial charge on any atom is -0.294 e. The molecule has 1 aromatic rings. The largest absolute Gasteiger partial charge is 0.294 e. The topological polar surface area (TPSA) is 17.1 Å². The number of allylic oxidation sites excluding steroid dienone is 1. The molecular formula is C27H36O. The van der Waals surface area contributed by atoms with E-state index in [9.17, 15) is 4.79 Å². The average Bonchev–Trinajstić information content (AvgIpc) is 2.94. The number of rotatable bonds is 1. The summed E-state index contributed by atoms with van der Waals surface area (Å²) in [6.07, 6.45) is 14.2. The first-order valence-corrected chi connectivity index (χ1v) is 11.7. The van der Waals surface area contributed by atoms with Gasteiger partial charge in [0.1, 0.15) is 0 Å². The summed E-state index contributed by atoms with van der Waals surface area (Å²) in [5.74, 6) is 3.62. The van der Waals surface area contributed by atoms with Crippen molar-refractivity contribution >= 4 is 11.9 Å². The number of benzene rings is 1. The van der Waals surface area contributed by atoms with Crippen LogP contribution in [0.3, 0.4) is 0 Å². The molecule has 4 aliphatic carbocycles. The van der Waals surface area contributed by atoms with Crippen LogP contribution in [0.15, 0.2) is 29.8 Å². The van der Waals surface area contributed by atoms with E-state index in [2.05, 4.69) is 51.1 Å². The van der Waals surface area contributed by atoms with Gasteiger partial charge in [0, 0.05) is 5.41 Å². The van der Waals surface area contributed by atoms with Gasteiger partial charge in [-0.25, -0.2) is 0 Å². The molecule has 4 fully saturated rings. The molecule has 6 atom stereocenters. The number of fused-ring (bicyclic) bond motifs is 5. The van der Waals surface area contributed by atoms with Crippen LogP contribution < -0.4 is 0 Å². The molecule has 0 unspecified atom stereocenters. The van der Waals surface area contributed by atoms with Crippen molar-refractivity contribution < 1.29 is 4.79 Å². The van der Waals surface area contributed by atoms with Crippen LogP contribution >= 0.6 is 0 Å². The third kappa shape index (κ3) is 2.68. The van der Waals surface area contributed by atoms with Gasteiger partial charge in [0.15, 0.2) is 5.78 Å². The van der Waals surface area contributed by atoms with Crippen molar-refractivity contribution in [3.05, 3.63) is 41.0 Å². The molecule has 0 N–H and O–H groups in total. The summed E-state index contributed by atoms with van der Waals surface area (Å²) in [5.41, 5.74) is 4.02. The summed E-state index contributed by atoms with van der Waals surface area (Å²) in [7, 11) is 0. The zero-order chi connectivity index (χ0) is 19.5. The van der Waals surface area contributed by atoms with Crippen molar-refractivity contribution in [1.29, 1.82) is 0 Å². The van der Waals surface area contributed by atoms with Crippen LogP contribution in [0.5, 0.6) is 0 Å². The summed E-state index contributed by atoms with van der Waals surface area (Å²) in [5, 5.41) is 0. The first-order valence-electron chi connectivity index (χ1n) is 11.7. The number of aryl methyl sites for hydroxylation is 1. The van der Waals surface area contributed by atoms with Gasteiger partial charge in [0.2, 0.25) is 0 Å². The lowest BCUT2D eigenvalue weighted by Crippen LogP contribution is -2.52. The van der Waals surface area contributed by atoms with Gasteiger partial charge in [0.25, 0.3) is 0 Å².